The second kappa shape index (κ2) is 4.79. The highest BCUT2D eigenvalue weighted by molar-refractivity contribution is 5.35. The first-order valence-electron chi connectivity index (χ1n) is 6.89. The Hall–Kier alpha value is -0.860. The summed E-state index contributed by atoms with van der Waals surface area (Å²) in [5, 5.41) is 6.97. The van der Waals surface area contributed by atoms with Gasteiger partial charge in [-0.2, -0.15) is 0 Å². The van der Waals surface area contributed by atoms with Gasteiger partial charge in [0.2, 0.25) is 0 Å². The SMILES string of the molecule is CC1CC(c2ccc3c(c2)CCNC3)CCN1. The molecule has 0 saturated carbocycles. The molecule has 2 nitrogen and oxygen atoms in total. The molecule has 2 N–H and O–H groups in total. The van der Waals surface area contributed by atoms with Crippen molar-refractivity contribution >= 4 is 0 Å². The van der Waals surface area contributed by atoms with E-state index < -0.39 is 0 Å². The van der Waals surface area contributed by atoms with Gasteiger partial charge >= 0.3 is 0 Å². The fraction of sp³-hybridized carbons (Fsp3) is 0.600. The molecule has 0 spiro atoms. The van der Waals surface area contributed by atoms with Crippen LogP contribution < -0.4 is 10.6 Å². The molecule has 2 heterocycles. The molecule has 2 unspecified atom stereocenters. The van der Waals surface area contributed by atoms with Crippen molar-refractivity contribution in [2.75, 3.05) is 13.1 Å². The molecule has 92 valence electrons. The van der Waals surface area contributed by atoms with Gasteiger partial charge in [-0.3, -0.25) is 0 Å². The normalized spacial score (nSPS) is 28.8. The van der Waals surface area contributed by atoms with Crippen molar-refractivity contribution in [3.63, 3.8) is 0 Å². The van der Waals surface area contributed by atoms with Crippen LogP contribution in [-0.4, -0.2) is 19.1 Å². The Labute approximate surface area is 104 Å². The van der Waals surface area contributed by atoms with Gasteiger partial charge in [-0.15, -0.1) is 0 Å². The maximum atomic E-state index is 3.53. The average molecular weight is 230 g/mol. The van der Waals surface area contributed by atoms with Crippen LogP contribution in [0.1, 0.15) is 42.4 Å². The highest BCUT2D eigenvalue weighted by Gasteiger charge is 2.20. The van der Waals surface area contributed by atoms with Gasteiger partial charge in [0, 0.05) is 12.6 Å². The van der Waals surface area contributed by atoms with Crippen LogP contribution in [0.4, 0.5) is 0 Å². The third-order valence-corrected chi connectivity index (χ3v) is 4.21. The van der Waals surface area contributed by atoms with E-state index in [9.17, 15) is 0 Å². The topological polar surface area (TPSA) is 24.1 Å². The van der Waals surface area contributed by atoms with E-state index >= 15 is 0 Å². The van der Waals surface area contributed by atoms with Crippen LogP contribution in [0, 0.1) is 0 Å². The summed E-state index contributed by atoms with van der Waals surface area (Å²) >= 11 is 0. The van der Waals surface area contributed by atoms with E-state index in [0.29, 0.717) is 6.04 Å². The van der Waals surface area contributed by atoms with Crippen molar-refractivity contribution in [1.29, 1.82) is 0 Å². The summed E-state index contributed by atoms with van der Waals surface area (Å²) in [6.07, 6.45) is 3.78. The standard InChI is InChI=1S/C15H22N2/c1-11-8-13(5-7-17-11)12-2-3-15-10-16-6-4-14(15)9-12/h2-3,9,11,13,16-17H,4-8,10H2,1H3. The Bertz CT molecular complexity index is 400. The smallest absolute Gasteiger partial charge is 0.0208 e. The Balaban J connectivity index is 1.83. The van der Waals surface area contributed by atoms with E-state index in [1.165, 1.54) is 31.4 Å². The molecule has 2 atom stereocenters. The molecule has 1 aromatic carbocycles. The first kappa shape index (κ1) is 11.2. The van der Waals surface area contributed by atoms with Crippen molar-refractivity contribution in [1.82, 2.24) is 10.6 Å². The first-order valence-corrected chi connectivity index (χ1v) is 6.89. The maximum Gasteiger partial charge on any atom is 0.0208 e. The first-order chi connectivity index (χ1) is 8.33. The van der Waals surface area contributed by atoms with E-state index in [1.54, 1.807) is 11.1 Å². The van der Waals surface area contributed by atoms with Crippen LogP contribution in [0.15, 0.2) is 18.2 Å². The molecule has 3 rings (SSSR count). The summed E-state index contributed by atoms with van der Waals surface area (Å²) in [5.74, 6) is 0.770. The Morgan fingerprint density at radius 1 is 1.18 bits per heavy atom. The van der Waals surface area contributed by atoms with Gasteiger partial charge in [-0.25, -0.2) is 0 Å². The summed E-state index contributed by atoms with van der Waals surface area (Å²) in [7, 11) is 0. The number of rotatable bonds is 1. The highest BCUT2D eigenvalue weighted by atomic mass is 14.9. The summed E-state index contributed by atoms with van der Waals surface area (Å²) < 4.78 is 0. The molecule has 0 aliphatic carbocycles. The lowest BCUT2D eigenvalue weighted by molar-refractivity contribution is 0.381. The van der Waals surface area contributed by atoms with Crippen LogP contribution in [0.25, 0.3) is 0 Å². The van der Waals surface area contributed by atoms with E-state index in [0.717, 1.165) is 19.0 Å². The lowest BCUT2D eigenvalue weighted by atomic mass is 9.85. The number of nitrogens with one attached hydrogen (secondary N) is 2. The predicted molar refractivity (Wildman–Crippen MR) is 71.3 cm³/mol. The molecule has 1 aromatic rings. The zero-order valence-corrected chi connectivity index (χ0v) is 10.6. The summed E-state index contributed by atoms with van der Waals surface area (Å²) in [6, 6.07) is 7.84. The monoisotopic (exact) mass is 230 g/mol. The fourth-order valence-electron chi connectivity index (χ4n) is 3.19. The van der Waals surface area contributed by atoms with Gasteiger partial charge in [-0.1, -0.05) is 18.2 Å². The Kier molecular flexibility index (Phi) is 3.17. The van der Waals surface area contributed by atoms with E-state index in [4.69, 9.17) is 0 Å². The number of hydrogen-bond donors (Lipinski definition) is 2. The van der Waals surface area contributed by atoms with Gasteiger partial charge in [0.25, 0.3) is 0 Å². The third-order valence-electron chi connectivity index (χ3n) is 4.21. The molecule has 2 heteroatoms. The van der Waals surface area contributed by atoms with Crippen LogP contribution in [0.2, 0.25) is 0 Å². The minimum absolute atomic E-state index is 0.673. The molecular weight excluding hydrogens is 208 g/mol. The molecule has 0 amide bonds. The van der Waals surface area contributed by atoms with Crippen molar-refractivity contribution in [2.45, 2.75) is 44.7 Å². The second-order valence-electron chi connectivity index (χ2n) is 5.53. The molecule has 0 aromatic heterocycles. The van der Waals surface area contributed by atoms with E-state index in [-0.39, 0.29) is 0 Å². The van der Waals surface area contributed by atoms with Gasteiger partial charge in [0.1, 0.15) is 0 Å². The number of fused-ring (bicyclic) bond motifs is 1. The van der Waals surface area contributed by atoms with Crippen molar-refractivity contribution < 1.29 is 0 Å². The minimum atomic E-state index is 0.673. The van der Waals surface area contributed by atoms with Gasteiger partial charge in [0.15, 0.2) is 0 Å². The highest BCUT2D eigenvalue weighted by Crippen LogP contribution is 2.29. The van der Waals surface area contributed by atoms with E-state index in [1.807, 2.05) is 0 Å². The van der Waals surface area contributed by atoms with Crippen LogP contribution >= 0.6 is 0 Å². The van der Waals surface area contributed by atoms with Crippen LogP contribution in [0.5, 0.6) is 0 Å². The number of hydrogen-bond acceptors (Lipinski definition) is 2. The molecule has 1 saturated heterocycles. The lowest BCUT2D eigenvalue weighted by Crippen LogP contribution is -2.35. The lowest BCUT2D eigenvalue weighted by Gasteiger charge is -2.29. The van der Waals surface area contributed by atoms with Crippen LogP contribution in [0.3, 0.4) is 0 Å². The summed E-state index contributed by atoms with van der Waals surface area (Å²) in [6.45, 7) is 5.66. The largest absolute Gasteiger partial charge is 0.314 e. The molecule has 0 bridgehead atoms. The van der Waals surface area contributed by atoms with Crippen molar-refractivity contribution in [2.24, 2.45) is 0 Å². The predicted octanol–water partition coefficient (Wildman–Crippen LogP) is 2.19. The maximum absolute atomic E-state index is 3.53. The summed E-state index contributed by atoms with van der Waals surface area (Å²) in [5.41, 5.74) is 4.65. The zero-order valence-electron chi connectivity index (χ0n) is 10.6. The molecular formula is C15H22N2. The van der Waals surface area contributed by atoms with Crippen molar-refractivity contribution in [3.05, 3.63) is 34.9 Å². The number of piperidine rings is 1. The summed E-state index contributed by atoms with van der Waals surface area (Å²) in [4.78, 5) is 0. The Morgan fingerprint density at radius 3 is 3.00 bits per heavy atom. The third kappa shape index (κ3) is 2.38. The van der Waals surface area contributed by atoms with Gasteiger partial charge in [0.05, 0.1) is 0 Å². The zero-order chi connectivity index (χ0) is 11.7. The fourth-order valence-corrected chi connectivity index (χ4v) is 3.19. The number of benzene rings is 1. The molecule has 0 radical (unpaired) electrons. The molecule has 17 heavy (non-hydrogen) atoms. The van der Waals surface area contributed by atoms with E-state index in [2.05, 4.69) is 35.8 Å². The van der Waals surface area contributed by atoms with Crippen LogP contribution in [-0.2, 0) is 13.0 Å². The van der Waals surface area contributed by atoms with Gasteiger partial charge < -0.3 is 10.6 Å². The van der Waals surface area contributed by atoms with Crippen molar-refractivity contribution in [3.8, 4) is 0 Å². The quantitative estimate of drug-likeness (QED) is 0.773. The molecule has 2 aliphatic rings. The Morgan fingerprint density at radius 2 is 2.12 bits per heavy atom. The second-order valence-corrected chi connectivity index (χ2v) is 5.53. The average Bonchev–Trinajstić information content (AvgIpc) is 2.38. The molecule has 1 fully saturated rings. The van der Waals surface area contributed by atoms with Gasteiger partial charge in [-0.05, 0) is 61.9 Å². The minimum Gasteiger partial charge on any atom is -0.314 e. The molecule has 2 aliphatic heterocycles.